The summed E-state index contributed by atoms with van der Waals surface area (Å²) >= 11 is 2.37. The van der Waals surface area contributed by atoms with E-state index in [0.717, 1.165) is 27.5 Å². The fourth-order valence-electron chi connectivity index (χ4n) is 3.65. The highest BCUT2D eigenvalue weighted by Crippen LogP contribution is 2.24. The maximum absolute atomic E-state index is 13.0. The largest absolute Gasteiger partial charge is 0.466 e. The van der Waals surface area contributed by atoms with Crippen molar-refractivity contribution in [3.8, 4) is 0 Å². The summed E-state index contributed by atoms with van der Waals surface area (Å²) in [5.41, 5.74) is 2.19. The number of amides is 1. The van der Waals surface area contributed by atoms with Crippen LogP contribution in [0.1, 0.15) is 23.7 Å². The first-order valence-electron chi connectivity index (χ1n) is 11.4. The molecule has 0 spiro atoms. The van der Waals surface area contributed by atoms with Gasteiger partial charge in [-0.3, -0.25) is 23.5 Å². The summed E-state index contributed by atoms with van der Waals surface area (Å²) in [5.74, 6) is -0.704. The Hall–Kier alpha value is -3.71. The normalized spacial score (nSPS) is 11.1. The molecule has 0 bridgehead atoms. The van der Waals surface area contributed by atoms with Crippen molar-refractivity contribution in [3.63, 3.8) is 0 Å². The molecule has 3 heterocycles. The second kappa shape index (κ2) is 11.1. The number of anilines is 1. The second-order valence-electron chi connectivity index (χ2n) is 8.31. The molecule has 37 heavy (non-hydrogen) atoms. The van der Waals surface area contributed by atoms with Crippen LogP contribution in [0.2, 0.25) is 0 Å². The van der Waals surface area contributed by atoms with E-state index in [1.807, 2.05) is 31.2 Å². The number of fused-ring (bicyclic) bond motifs is 1. The molecule has 0 saturated heterocycles. The van der Waals surface area contributed by atoms with Crippen molar-refractivity contribution in [2.45, 2.75) is 32.0 Å². The molecule has 11 nitrogen and oxygen atoms in total. The number of carbonyl (C=O) groups excluding carboxylic acids is 2. The van der Waals surface area contributed by atoms with E-state index in [-0.39, 0.29) is 35.2 Å². The lowest BCUT2D eigenvalue weighted by Crippen LogP contribution is -2.37. The van der Waals surface area contributed by atoms with Gasteiger partial charge in [-0.15, -0.1) is 11.3 Å². The number of nitrogens with zero attached hydrogens (tertiary/aromatic N) is 5. The van der Waals surface area contributed by atoms with E-state index in [1.165, 1.54) is 23.0 Å². The summed E-state index contributed by atoms with van der Waals surface area (Å²) in [6.07, 6.45) is 0.0334. The molecule has 0 unspecified atom stereocenters. The van der Waals surface area contributed by atoms with Crippen LogP contribution in [-0.2, 0) is 41.4 Å². The molecule has 3 aromatic heterocycles. The van der Waals surface area contributed by atoms with Gasteiger partial charge in [0.1, 0.15) is 0 Å². The summed E-state index contributed by atoms with van der Waals surface area (Å²) in [7, 11) is 2.99. The number of hydrogen-bond donors (Lipinski definition) is 1. The standard InChI is InChI=1S/C24H26N6O5S2/c1-5-35-18(32)10-16-12-36-22(25-16)26-17(31)13-37-23-27-20-19(21(33)29(4)24(34)28(20)3)30(23)11-15-8-6-14(2)7-9-15/h6-9,12H,5,10-11,13H2,1-4H3,(H,25,26,31). The Morgan fingerprint density at radius 1 is 1.11 bits per heavy atom. The Morgan fingerprint density at radius 3 is 2.54 bits per heavy atom. The van der Waals surface area contributed by atoms with Crippen LogP contribution in [0.25, 0.3) is 11.2 Å². The number of thioether (sulfide) groups is 1. The van der Waals surface area contributed by atoms with Gasteiger partial charge in [0, 0.05) is 19.5 Å². The van der Waals surface area contributed by atoms with E-state index in [0.29, 0.717) is 29.1 Å². The van der Waals surface area contributed by atoms with Crippen LogP contribution in [0.5, 0.6) is 0 Å². The van der Waals surface area contributed by atoms with E-state index < -0.39 is 11.2 Å². The predicted octanol–water partition coefficient (Wildman–Crippen LogP) is 2.08. The average molecular weight is 543 g/mol. The Labute approximate surface area is 220 Å². The maximum atomic E-state index is 13.0. The van der Waals surface area contributed by atoms with Crippen LogP contribution < -0.4 is 16.6 Å². The van der Waals surface area contributed by atoms with Gasteiger partial charge in [0.25, 0.3) is 5.56 Å². The molecule has 13 heteroatoms. The van der Waals surface area contributed by atoms with Crippen LogP contribution in [0.4, 0.5) is 5.13 Å². The molecular weight excluding hydrogens is 516 g/mol. The van der Waals surface area contributed by atoms with Gasteiger partial charge in [-0.05, 0) is 19.4 Å². The minimum absolute atomic E-state index is 0.00171. The van der Waals surface area contributed by atoms with Crippen molar-refractivity contribution in [2.75, 3.05) is 17.7 Å². The number of rotatable bonds is 9. The SMILES string of the molecule is CCOC(=O)Cc1csc(NC(=O)CSc2nc3c(c(=O)n(C)c(=O)n3C)n2Cc2ccc(C)cc2)n1. The first-order chi connectivity index (χ1) is 17.7. The number of ether oxygens (including phenoxy) is 1. The summed E-state index contributed by atoms with van der Waals surface area (Å²) in [5, 5.41) is 5.22. The number of imidazole rings is 1. The molecule has 1 aromatic carbocycles. The Kier molecular flexibility index (Phi) is 7.93. The van der Waals surface area contributed by atoms with Crippen molar-refractivity contribution >= 4 is 51.3 Å². The highest BCUT2D eigenvalue weighted by molar-refractivity contribution is 7.99. The number of aromatic nitrogens is 5. The number of carbonyl (C=O) groups is 2. The van der Waals surface area contributed by atoms with Crippen LogP contribution >= 0.6 is 23.1 Å². The van der Waals surface area contributed by atoms with Gasteiger partial charge < -0.3 is 14.6 Å². The van der Waals surface area contributed by atoms with Crippen LogP contribution in [0, 0.1) is 6.92 Å². The Balaban J connectivity index is 1.57. The van der Waals surface area contributed by atoms with E-state index in [2.05, 4.69) is 15.3 Å². The molecule has 1 N–H and O–H groups in total. The van der Waals surface area contributed by atoms with E-state index in [4.69, 9.17) is 4.74 Å². The first-order valence-corrected chi connectivity index (χ1v) is 13.3. The Bertz CT molecular complexity index is 1580. The fraction of sp³-hybridized carbons (Fsp3) is 0.333. The van der Waals surface area contributed by atoms with Crippen LogP contribution in [0.15, 0.2) is 44.4 Å². The smallest absolute Gasteiger partial charge is 0.332 e. The van der Waals surface area contributed by atoms with Crippen molar-refractivity contribution < 1.29 is 14.3 Å². The molecule has 0 radical (unpaired) electrons. The molecule has 0 aliphatic rings. The molecule has 0 atom stereocenters. The molecule has 0 aliphatic carbocycles. The number of thiazole rings is 1. The van der Waals surface area contributed by atoms with Gasteiger partial charge >= 0.3 is 11.7 Å². The van der Waals surface area contributed by atoms with Crippen molar-refractivity contribution in [1.29, 1.82) is 0 Å². The number of aryl methyl sites for hydroxylation is 2. The molecular formula is C24H26N6O5S2. The van der Waals surface area contributed by atoms with Gasteiger partial charge in [-0.1, -0.05) is 41.6 Å². The van der Waals surface area contributed by atoms with Gasteiger partial charge in [0.15, 0.2) is 21.5 Å². The van der Waals surface area contributed by atoms with Crippen molar-refractivity contribution in [1.82, 2.24) is 23.7 Å². The van der Waals surface area contributed by atoms with E-state index in [9.17, 15) is 19.2 Å². The third kappa shape index (κ3) is 5.83. The molecule has 0 fully saturated rings. The lowest BCUT2D eigenvalue weighted by Gasteiger charge is -2.10. The molecule has 4 aromatic rings. The van der Waals surface area contributed by atoms with E-state index >= 15 is 0 Å². The summed E-state index contributed by atoms with van der Waals surface area (Å²) in [6.45, 7) is 4.36. The third-order valence-corrected chi connectivity index (χ3v) is 7.32. The van der Waals surface area contributed by atoms with Crippen molar-refractivity contribution in [3.05, 3.63) is 67.3 Å². The van der Waals surface area contributed by atoms with Gasteiger partial charge in [-0.2, -0.15) is 0 Å². The minimum Gasteiger partial charge on any atom is -0.466 e. The zero-order chi connectivity index (χ0) is 26.7. The predicted molar refractivity (Wildman–Crippen MR) is 142 cm³/mol. The quantitative estimate of drug-likeness (QED) is 0.251. The Morgan fingerprint density at radius 2 is 1.84 bits per heavy atom. The zero-order valence-corrected chi connectivity index (χ0v) is 22.4. The highest BCUT2D eigenvalue weighted by atomic mass is 32.2. The summed E-state index contributed by atoms with van der Waals surface area (Å²) in [6, 6.07) is 7.88. The lowest BCUT2D eigenvalue weighted by atomic mass is 10.1. The number of benzene rings is 1. The number of nitrogens with one attached hydrogen (secondary N) is 1. The average Bonchev–Trinajstić information content (AvgIpc) is 3.45. The molecule has 0 aliphatic heterocycles. The summed E-state index contributed by atoms with van der Waals surface area (Å²) < 4.78 is 9.03. The maximum Gasteiger partial charge on any atom is 0.332 e. The van der Waals surface area contributed by atoms with Gasteiger partial charge in [-0.25, -0.2) is 14.8 Å². The first kappa shape index (κ1) is 26.4. The summed E-state index contributed by atoms with van der Waals surface area (Å²) in [4.78, 5) is 58.6. The second-order valence-corrected chi connectivity index (χ2v) is 10.1. The van der Waals surface area contributed by atoms with Gasteiger partial charge in [0.05, 0.1) is 31.0 Å². The molecule has 4 rings (SSSR count). The van der Waals surface area contributed by atoms with Crippen LogP contribution in [-0.4, -0.2) is 47.9 Å². The topological polar surface area (TPSA) is 130 Å². The van der Waals surface area contributed by atoms with E-state index in [1.54, 1.807) is 23.9 Å². The minimum atomic E-state index is -0.478. The number of esters is 1. The van der Waals surface area contributed by atoms with Crippen molar-refractivity contribution in [2.24, 2.45) is 14.1 Å². The fourth-order valence-corrected chi connectivity index (χ4v) is 5.17. The number of hydrogen-bond acceptors (Lipinski definition) is 9. The zero-order valence-electron chi connectivity index (χ0n) is 20.8. The van der Waals surface area contributed by atoms with Gasteiger partial charge in [0.2, 0.25) is 5.91 Å². The monoisotopic (exact) mass is 542 g/mol. The highest BCUT2D eigenvalue weighted by Gasteiger charge is 2.21. The molecule has 0 saturated carbocycles. The third-order valence-electron chi connectivity index (χ3n) is 5.54. The van der Waals surface area contributed by atoms with Crippen LogP contribution in [0.3, 0.4) is 0 Å². The molecule has 1 amide bonds. The molecule has 194 valence electrons. The lowest BCUT2D eigenvalue weighted by molar-refractivity contribution is -0.142.